The van der Waals surface area contributed by atoms with Crippen molar-refractivity contribution in [1.29, 1.82) is 0 Å². The highest BCUT2D eigenvalue weighted by atomic mass is 35.5. The molecule has 5 heteroatoms. The number of hydrogen-bond acceptors (Lipinski definition) is 3. The Kier molecular flexibility index (Phi) is 7.26. The van der Waals surface area contributed by atoms with Crippen LogP contribution >= 0.6 is 11.6 Å². The first-order chi connectivity index (χ1) is 15.6. The van der Waals surface area contributed by atoms with Gasteiger partial charge in [0, 0.05) is 24.9 Å². The van der Waals surface area contributed by atoms with Crippen LogP contribution in [0.15, 0.2) is 84.9 Å². The van der Waals surface area contributed by atoms with Crippen molar-refractivity contribution in [2.24, 2.45) is 0 Å². The van der Waals surface area contributed by atoms with E-state index < -0.39 is 5.60 Å². The Morgan fingerprint density at radius 1 is 0.938 bits per heavy atom. The Balaban J connectivity index is 1.67. The van der Waals surface area contributed by atoms with Crippen molar-refractivity contribution in [3.05, 3.63) is 107 Å². The fraction of sp³-hybridized carbons (Fsp3) is 0.296. The number of benzene rings is 3. The number of amides is 1. The second-order valence-corrected chi connectivity index (χ2v) is 8.61. The van der Waals surface area contributed by atoms with Gasteiger partial charge in [-0.1, -0.05) is 84.4 Å². The van der Waals surface area contributed by atoms with Gasteiger partial charge >= 0.3 is 0 Å². The molecule has 0 unspecified atom stereocenters. The van der Waals surface area contributed by atoms with Crippen molar-refractivity contribution in [2.75, 3.05) is 13.1 Å². The third-order valence-corrected chi connectivity index (χ3v) is 6.32. The minimum atomic E-state index is -0.693. The number of piperidine rings is 1. The van der Waals surface area contributed by atoms with Gasteiger partial charge in [0.25, 0.3) is 0 Å². The van der Waals surface area contributed by atoms with E-state index in [1.807, 2.05) is 77.7 Å². The monoisotopic (exact) mass is 449 g/mol. The molecule has 4 nitrogen and oxygen atoms in total. The maximum Gasteiger partial charge on any atom is 0.219 e. The van der Waals surface area contributed by atoms with Crippen molar-refractivity contribution in [1.82, 2.24) is 4.90 Å². The number of hydrogen-bond donors (Lipinski definition) is 0. The molecular weight excluding hydrogens is 422 g/mol. The zero-order valence-corrected chi connectivity index (χ0v) is 19.0. The van der Waals surface area contributed by atoms with Gasteiger partial charge in [-0.05, 0) is 28.8 Å². The smallest absolute Gasteiger partial charge is 0.219 e. The molecule has 1 aliphatic heterocycles. The standard InChI is InChI=1S/C27H28ClNO3/c1-21(30)29-17-16-27(24-12-14-25(28)15-13-24,32-20-23-10-6-3-7-11-23)26(18-29)31-19-22-8-4-2-5-9-22/h2-15,26H,16-20H2,1H3/t26-,27-/m1/s1. The first-order valence-corrected chi connectivity index (χ1v) is 11.3. The van der Waals surface area contributed by atoms with Gasteiger partial charge < -0.3 is 14.4 Å². The van der Waals surface area contributed by atoms with Crippen molar-refractivity contribution in [3.8, 4) is 0 Å². The van der Waals surface area contributed by atoms with E-state index in [2.05, 4.69) is 12.1 Å². The fourth-order valence-corrected chi connectivity index (χ4v) is 4.37. The molecule has 1 heterocycles. The number of halogens is 1. The van der Waals surface area contributed by atoms with E-state index in [9.17, 15) is 4.79 Å². The first kappa shape index (κ1) is 22.5. The van der Waals surface area contributed by atoms with Crippen LogP contribution in [-0.2, 0) is 33.1 Å². The summed E-state index contributed by atoms with van der Waals surface area (Å²) in [6.45, 7) is 3.59. The average Bonchev–Trinajstić information content (AvgIpc) is 2.83. The van der Waals surface area contributed by atoms with Gasteiger partial charge in [-0.15, -0.1) is 0 Å². The topological polar surface area (TPSA) is 38.8 Å². The molecule has 0 aromatic heterocycles. The third-order valence-electron chi connectivity index (χ3n) is 6.07. The maximum absolute atomic E-state index is 12.2. The lowest BCUT2D eigenvalue weighted by Crippen LogP contribution is -2.56. The molecule has 0 aliphatic carbocycles. The molecule has 3 aromatic carbocycles. The molecule has 1 saturated heterocycles. The van der Waals surface area contributed by atoms with E-state index >= 15 is 0 Å². The summed E-state index contributed by atoms with van der Waals surface area (Å²) in [6.07, 6.45) is 0.311. The summed E-state index contributed by atoms with van der Waals surface area (Å²) < 4.78 is 13.2. The lowest BCUT2D eigenvalue weighted by molar-refractivity contribution is -0.195. The van der Waals surface area contributed by atoms with Gasteiger partial charge in [0.1, 0.15) is 11.7 Å². The minimum Gasteiger partial charge on any atom is -0.368 e. The van der Waals surface area contributed by atoms with Crippen molar-refractivity contribution >= 4 is 17.5 Å². The zero-order chi connectivity index (χ0) is 22.4. The van der Waals surface area contributed by atoms with Gasteiger partial charge in [-0.2, -0.15) is 0 Å². The highest BCUT2D eigenvalue weighted by Crippen LogP contribution is 2.40. The second-order valence-electron chi connectivity index (χ2n) is 8.17. The normalized spacial score (nSPS) is 20.8. The van der Waals surface area contributed by atoms with Crippen LogP contribution in [0.1, 0.15) is 30.0 Å². The molecule has 1 amide bonds. The van der Waals surface area contributed by atoms with Crippen LogP contribution in [0.3, 0.4) is 0 Å². The minimum absolute atomic E-state index is 0.0473. The molecule has 2 atom stereocenters. The van der Waals surface area contributed by atoms with Crippen LogP contribution in [0.25, 0.3) is 0 Å². The van der Waals surface area contributed by atoms with E-state index in [0.29, 0.717) is 37.7 Å². The number of rotatable bonds is 7. The molecule has 0 saturated carbocycles. The summed E-state index contributed by atoms with van der Waals surface area (Å²) in [7, 11) is 0. The van der Waals surface area contributed by atoms with Crippen LogP contribution in [0, 0.1) is 0 Å². The molecule has 166 valence electrons. The number of nitrogens with zero attached hydrogens (tertiary/aromatic N) is 1. The largest absolute Gasteiger partial charge is 0.368 e. The quantitative estimate of drug-likeness (QED) is 0.472. The molecule has 0 spiro atoms. The van der Waals surface area contributed by atoms with E-state index in [4.69, 9.17) is 21.1 Å². The summed E-state index contributed by atoms with van der Waals surface area (Å²) >= 11 is 6.19. The predicted molar refractivity (Wildman–Crippen MR) is 126 cm³/mol. The zero-order valence-electron chi connectivity index (χ0n) is 18.2. The number of likely N-dealkylation sites (tertiary alicyclic amines) is 1. The van der Waals surface area contributed by atoms with Crippen molar-refractivity contribution in [3.63, 3.8) is 0 Å². The Labute approximate surface area is 194 Å². The highest BCUT2D eigenvalue weighted by molar-refractivity contribution is 6.30. The maximum atomic E-state index is 12.2. The summed E-state index contributed by atoms with van der Waals surface area (Å²) in [5.74, 6) is 0.0473. The Morgan fingerprint density at radius 2 is 1.53 bits per heavy atom. The lowest BCUT2D eigenvalue weighted by atomic mass is 9.81. The first-order valence-electron chi connectivity index (χ1n) is 10.9. The van der Waals surface area contributed by atoms with E-state index in [0.717, 1.165) is 16.7 Å². The molecule has 0 N–H and O–H groups in total. The van der Waals surface area contributed by atoms with Crippen molar-refractivity contribution < 1.29 is 14.3 Å². The average molecular weight is 450 g/mol. The predicted octanol–water partition coefficient (Wildman–Crippen LogP) is 5.59. The fourth-order valence-electron chi connectivity index (χ4n) is 4.24. The van der Waals surface area contributed by atoms with Gasteiger partial charge in [0.05, 0.1) is 19.8 Å². The summed E-state index contributed by atoms with van der Waals surface area (Å²) in [4.78, 5) is 14.0. The Bertz CT molecular complexity index is 1010. The van der Waals surface area contributed by atoms with Gasteiger partial charge in [0.15, 0.2) is 0 Å². The van der Waals surface area contributed by atoms with Gasteiger partial charge in [-0.3, -0.25) is 4.79 Å². The van der Waals surface area contributed by atoms with Crippen LogP contribution in [0.2, 0.25) is 5.02 Å². The summed E-state index contributed by atoms with van der Waals surface area (Å²) in [6, 6.07) is 28.0. The number of carbonyl (C=O) groups excluding carboxylic acids is 1. The van der Waals surface area contributed by atoms with Crippen LogP contribution in [-0.4, -0.2) is 30.0 Å². The van der Waals surface area contributed by atoms with Crippen LogP contribution < -0.4 is 0 Å². The van der Waals surface area contributed by atoms with Crippen molar-refractivity contribution in [2.45, 2.75) is 38.3 Å². The molecule has 0 bridgehead atoms. The summed E-state index contributed by atoms with van der Waals surface area (Å²) in [5, 5.41) is 0.676. The third kappa shape index (κ3) is 5.21. The molecule has 32 heavy (non-hydrogen) atoms. The SMILES string of the molecule is CC(=O)N1CC[C@@](OCc2ccccc2)(c2ccc(Cl)cc2)[C@H](OCc2ccccc2)C1. The van der Waals surface area contributed by atoms with E-state index in [-0.39, 0.29) is 12.0 Å². The Hall–Kier alpha value is -2.66. The van der Waals surface area contributed by atoms with Crippen LogP contribution in [0.4, 0.5) is 0 Å². The molecule has 3 aromatic rings. The molecular formula is C27H28ClNO3. The van der Waals surface area contributed by atoms with Crippen LogP contribution in [0.5, 0.6) is 0 Å². The summed E-state index contributed by atoms with van der Waals surface area (Å²) in [5.41, 5.74) is 2.50. The van der Waals surface area contributed by atoms with E-state index in [1.165, 1.54) is 0 Å². The Morgan fingerprint density at radius 3 is 2.12 bits per heavy atom. The van der Waals surface area contributed by atoms with Gasteiger partial charge in [-0.25, -0.2) is 0 Å². The van der Waals surface area contributed by atoms with Gasteiger partial charge in [0.2, 0.25) is 5.91 Å². The van der Waals surface area contributed by atoms with E-state index in [1.54, 1.807) is 6.92 Å². The number of carbonyl (C=O) groups is 1. The highest BCUT2D eigenvalue weighted by Gasteiger charge is 2.47. The lowest BCUT2D eigenvalue weighted by Gasteiger charge is -2.47. The molecule has 1 fully saturated rings. The number of ether oxygens (including phenoxy) is 2. The second kappa shape index (κ2) is 10.3. The molecule has 1 aliphatic rings. The molecule has 4 rings (SSSR count). The molecule has 0 radical (unpaired) electrons.